The van der Waals surface area contributed by atoms with E-state index in [9.17, 15) is 0 Å². The summed E-state index contributed by atoms with van der Waals surface area (Å²) in [5, 5.41) is 12.3. The number of rotatable bonds is 7. The number of nitrogens with zero attached hydrogens (tertiary/aromatic N) is 2. The molecule has 0 heterocycles. The van der Waals surface area contributed by atoms with Crippen LogP contribution in [0.25, 0.3) is 0 Å². The summed E-state index contributed by atoms with van der Waals surface area (Å²) in [6, 6.07) is 11.2. The van der Waals surface area contributed by atoms with E-state index in [1.54, 1.807) is 0 Å². The second kappa shape index (κ2) is 7.81. The van der Waals surface area contributed by atoms with E-state index in [2.05, 4.69) is 54.4 Å². The normalized spacial score (nSPS) is 13.6. The molecule has 1 N–H and O–H groups in total. The molecule has 3 heteroatoms. The van der Waals surface area contributed by atoms with Crippen LogP contribution in [-0.2, 0) is 0 Å². The number of hydrogen-bond donors (Lipinski definition) is 1. The molecule has 0 aliphatic carbocycles. The molecule has 0 amide bonds. The average Bonchev–Trinajstić information content (AvgIpc) is 2.44. The molecule has 0 aromatic heterocycles. The third-order valence-electron chi connectivity index (χ3n) is 3.30. The van der Waals surface area contributed by atoms with Crippen molar-refractivity contribution in [3.8, 4) is 6.07 Å². The fraction of sp³-hybridized carbons (Fsp3) is 0.562. The second-order valence-corrected chi connectivity index (χ2v) is 5.18. The predicted octanol–water partition coefficient (Wildman–Crippen LogP) is 3.34. The molecule has 0 saturated heterocycles. The highest BCUT2D eigenvalue weighted by Gasteiger charge is 2.08. The van der Waals surface area contributed by atoms with Gasteiger partial charge in [0.25, 0.3) is 0 Å². The molecule has 1 aromatic carbocycles. The number of anilines is 1. The maximum absolute atomic E-state index is 8.84. The largest absolute Gasteiger partial charge is 0.373 e. The van der Waals surface area contributed by atoms with E-state index in [4.69, 9.17) is 5.26 Å². The molecule has 0 aliphatic heterocycles. The molecule has 0 radical (unpaired) electrons. The van der Waals surface area contributed by atoms with Crippen LogP contribution in [0, 0.1) is 17.2 Å². The summed E-state index contributed by atoms with van der Waals surface area (Å²) in [6.07, 6.45) is 1.15. The first-order valence-corrected chi connectivity index (χ1v) is 7.02. The summed E-state index contributed by atoms with van der Waals surface area (Å²) in [5.74, 6) is 0.0508. The van der Waals surface area contributed by atoms with Crippen LogP contribution < -0.4 is 10.2 Å². The van der Waals surface area contributed by atoms with Crippen LogP contribution in [-0.4, -0.2) is 20.1 Å². The number of hydrogen-bond acceptors (Lipinski definition) is 3. The van der Waals surface area contributed by atoms with E-state index in [-0.39, 0.29) is 5.92 Å². The Labute approximate surface area is 117 Å². The molecule has 0 bridgehead atoms. The number of nitrogens with one attached hydrogen (secondary N) is 1. The Morgan fingerprint density at radius 2 is 1.89 bits per heavy atom. The highest BCUT2D eigenvalue weighted by molar-refractivity contribution is 5.47. The van der Waals surface area contributed by atoms with Crippen molar-refractivity contribution >= 4 is 5.69 Å². The molecular formula is C16H25N3. The minimum absolute atomic E-state index is 0.0508. The average molecular weight is 259 g/mol. The van der Waals surface area contributed by atoms with Gasteiger partial charge in [-0.05, 0) is 44.5 Å². The van der Waals surface area contributed by atoms with Gasteiger partial charge in [-0.15, -0.1) is 0 Å². The maximum atomic E-state index is 8.84. The van der Waals surface area contributed by atoms with E-state index in [0.717, 1.165) is 25.2 Å². The van der Waals surface area contributed by atoms with Gasteiger partial charge in [-0.25, -0.2) is 0 Å². The van der Waals surface area contributed by atoms with E-state index < -0.39 is 0 Å². The van der Waals surface area contributed by atoms with Crippen molar-refractivity contribution in [2.75, 3.05) is 25.0 Å². The highest BCUT2D eigenvalue weighted by atomic mass is 15.1. The first kappa shape index (κ1) is 15.5. The van der Waals surface area contributed by atoms with Gasteiger partial charge in [0.15, 0.2) is 0 Å². The summed E-state index contributed by atoms with van der Waals surface area (Å²) in [4.78, 5) is 2.13. The molecule has 19 heavy (non-hydrogen) atoms. The molecule has 104 valence electrons. The van der Waals surface area contributed by atoms with Crippen molar-refractivity contribution in [1.82, 2.24) is 5.32 Å². The van der Waals surface area contributed by atoms with Gasteiger partial charge in [-0.1, -0.05) is 19.1 Å². The lowest BCUT2D eigenvalue weighted by molar-refractivity contribution is 0.570. The van der Waals surface area contributed by atoms with E-state index in [1.807, 2.05) is 14.0 Å². The van der Waals surface area contributed by atoms with Gasteiger partial charge in [0.2, 0.25) is 0 Å². The Morgan fingerprint density at radius 1 is 1.26 bits per heavy atom. The zero-order valence-corrected chi connectivity index (χ0v) is 12.5. The third-order valence-corrected chi connectivity index (χ3v) is 3.30. The van der Waals surface area contributed by atoms with Crippen molar-refractivity contribution in [3.05, 3.63) is 29.8 Å². The van der Waals surface area contributed by atoms with Gasteiger partial charge >= 0.3 is 0 Å². The molecule has 2 unspecified atom stereocenters. The minimum atomic E-state index is 0.0508. The fourth-order valence-corrected chi connectivity index (χ4v) is 2.05. The zero-order valence-electron chi connectivity index (χ0n) is 12.5. The topological polar surface area (TPSA) is 39.1 Å². The van der Waals surface area contributed by atoms with Gasteiger partial charge in [0.1, 0.15) is 0 Å². The second-order valence-electron chi connectivity index (χ2n) is 5.18. The van der Waals surface area contributed by atoms with Crippen LogP contribution in [0.1, 0.15) is 38.8 Å². The van der Waals surface area contributed by atoms with Crippen molar-refractivity contribution in [2.45, 2.75) is 33.2 Å². The summed E-state index contributed by atoms with van der Waals surface area (Å²) in [7, 11) is 2.03. The van der Waals surface area contributed by atoms with E-state index >= 15 is 0 Å². The van der Waals surface area contributed by atoms with Gasteiger partial charge in [-0.2, -0.15) is 5.26 Å². The van der Waals surface area contributed by atoms with Crippen molar-refractivity contribution in [2.24, 2.45) is 5.92 Å². The molecule has 2 atom stereocenters. The SMILES string of the molecule is CCCNC(C)c1ccc(N(C)CC(C)C#N)cc1. The molecule has 0 fully saturated rings. The maximum Gasteiger partial charge on any atom is 0.0671 e. The van der Waals surface area contributed by atoms with Crippen LogP contribution in [0.15, 0.2) is 24.3 Å². The van der Waals surface area contributed by atoms with Crippen LogP contribution in [0.3, 0.4) is 0 Å². The molecule has 0 aliphatic rings. The fourth-order valence-electron chi connectivity index (χ4n) is 2.05. The zero-order chi connectivity index (χ0) is 14.3. The van der Waals surface area contributed by atoms with E-state index in [1.165, 1.54) is 5.56 Å². The third kappa shape index (κ3) is 4.92. The number of benzene rings is 1. The van der Waals surface area contributed by atoms with Crippen LogP contribution in [0.4, 0.5) is 5.69 Å². The van der Waals surface area contributed by atoms with Gasteiger partial charge in [0.05, 0.1) is 12.0 Å². The Balaban J connectivity index is 2.63. The molecule has 1 aromatic rings. The lowest BCUT2D eigenvalue weighted by Crippen LogP contribution is -2.23. The Bertz CT molecular complexity index is 405. The Hall–Kier alpha value is -1.53. The lowest BCUT2D eigenvalue weighted by atomic mass is 10.1. The van der Waals surface area contributed by atoms with Crippen LogP contribution in [0.5, 0.6) is 0 Å². The molecule has 1 rings (SSSR count). The first-order valence-electron chi connectivity index (χ1n) is 7.02. The highest BCUT2D eigenvalue weighted by Crippen LogP contribution is 2.19. The monoisotopic (exact) mass is 259 g/mol. The van der Waals surface area contributed by atoms with Gasteiger partial charge in [0, 0.05) is 25.3 Å². The lowest BCUT2D eigenvalue weighted by Gasteiger charge is -2.21. The smallest absolute Gasteiger partial charge is 0.0671 e. The minimum Gasteiger partial charge on any atom is -0.373 e. The number of nitriles is 1. The first-order chi connectivity index (χ1) is 9.08. The van der Waals surface area contributed by atoms with Crippen LogP contribution in [0.2, 0.25) is 0 Å². The predicted molar refractivity (Wildman–Crippen MR) is 81.2 cm³/mol. The van der Waals surface area contributed by atoms with Crippen molar-refractivity contribution < 1.29 is 0 Å². The summed E-state index contributed by atoms with van der Waals surface area (Å²) >= 11 is 0. The van der Waals surface area contributed by atoms with Crippen LogP contribution >= 0.6 is 0 Å². The van der Waals surface area contributed by atoms with E-state index in [0.29, 0.717) is 6.04 Å². The summed E-state index contributed by atoms with van der Waals surface area (Å²) in [6.45, 7) is 8.11. The van der Waals surface area contributed by atoms with Crippen molar-refractivity contribution in [3.63, 3.8) is 0 Å². The molecule has 0 spiro atoms. The Kier molecular flexibility index (Phi) is 6.38. The quantitative estimate of drug-likeness (QED) is 0.816. The van der Waals surface area contributed by atoms with Gasteiger partial charge < -0.3 is 10.2 Å². The molecule has 3 nitrogen and oxygen atoms in total. The summed E-state index contributed by atoms with van der Waals surface area (Å²) < 4.78 is 0. The summed E-state index contributed by atoms with van der Waals surface area (Å²) in [5.41, 5.74) is 2.47. The van der Waals surface area contributed by atoms with Gasteiger partial charge in [-0.3, -0.25) is 0 Å². The Morgan fingerprint density at radius 3 is 2.42 bits per heavy atom. The standard InChI is InChI=1S/C16H25N3/c1-5-10-18-14(3)15-6-8-16(9-7-15)19(4)12-13(2)11-17/h6-9,13-14,18H,5,10,12H2,1-4H3. The molecule has 0 saturated carbocycles. The molecular weight excluding hydrogens is 234 g/mol. The van der Waals surface area contributed by atoms with Crippen molar-refractivity contribution in [1.29, 1.82) is 5.26 Å².